The molecule has 30 heavy (non-hydrogen) atoms. The average Bonchev–Trinajstić information content (AvgIpc) is 3.55. The predicted octanol–water partition coefficient (Wildman–Crippen LogP) is 3.47. The van der Waals surface area contributed by atoms with Gasteiger partial charge in [-0.2, -0.15) is 0 Å². The minimum atomic E-state index is -1.28. The Balaban J connectivity index is 1.45. The second-order valence-corrected chi connectivity index (χ2v) is 11.6. The molecular formula is C24H29ClO5. The van der Waals surface area contributed by atoms with Crippen LogP contribution in [0.2, 0.25) is 0 Å². The molecule has 162 valence electrons. The normalized spacial score (nSPS) is 57.1. The Labute approximate surface area is 181 Å². The van der Waals surface area contributed by atoms with Gasteiger partial charge in [-0.3, -0.25) is 14.4 Å². The van der Waals surface area contributed by atoms with Crippen LogP contribution in [0.3, 0.4) is 0 Å². The second-order valence-electron chi connectivity index (χ2n) is 11.1. The van der Waals surface area contributed by atoms with Crippen LogP contribution in [0.25, 0.3) is 0 Å². The van der Waals surface area contributed by atoms with Gasteiger partial charge in [0.05, 0.1) is 11.5 Å². The number of ketones is 2. The molecule has 5 aliphatic carbocycles. The van der Waals surface area contributed by atoms with Gasteiger partial charge in [-0.1, -0.05) is 13.8 Å². The number of rotatable bonds is 2. The van der Waals surface area contributed by atoms with E-state index in [-0.39, 0.29) is 46.9 Å². The Bertz CT molecular complexity index is 927. The maximum absolute atomic E-state index is 13.0. The Morgan fingerprint density at radius 2 is 1.90 bits per heavy atom. The van der Waals surface area contributed by atoms with Crippen molar-refractivity contribution in [3.8, 4) is 0 Å². The third kappa shape index (κ3) is 1.98. The molecule has 0 N–H and O–H groups in total. The summed E-state index contributed by atoms with van der Waals surface area (Å²) < 4.78 is 12.1. The van der Waals surface area contributed by atoms with E-state index in [2.05, 4.69) is 13.8 Å². The van der Waals surface area contributed by atoms with Crippen LogP contribution in [0.4, 0.5) is 0 Å². The number of esters is 1. The number of hydrogen-bond donors (Lipinski definition) is 0. The Morgan fingerprint density at radius 3 is 2.57 bits per heavy atom. The zero-order valence-corrected chi connectivity index (χ0v) is 18.7. The highest BCUT2D eigenvalue weighted by Gasteiger charge is 2.77. The van der Waals surface area contributed by atoms with Gasteiger partial charge in [-0.25, -0.2) is 0 Å². The fraction of sp³-hybridized carbons (Fsp3) is 0.792. The zero-order chi connectivity index (χ0) is 21.4. The van der Waals surface area contributed by atoms with Gasteiger partial charge in [0.1, 0.15) is 6.10 Å². The zero-order valence-electron chi connectivity index (χ0n) is 17.9. The first-order chi connectivity index (χ1) is 14.1. The lowest BCUT2D eigenvalue weighted by molar-refractivity contribution is -0.186. The highest BCUT2D eigenvalue weighted by atomic mass is 35.5. The molecule has 0 spiro atoms. The van der Waals surface area contributed by atoms with Gasteiger partial charge in [0.25, 0.3) is 0 Å². The van der Waals surface area contributed by atoms with Crippen molar-refractivity contribution < 1.29 is 23.9 Å². The lowest BCUT2D eigenvalue weighted by Gasteiger charge is -2.58. The van der Waals surface area contributed by atoms with Crippen LogP contribution < -0.4 is 0 Å². The number of alkyl halides is 1. The molecule has 6 aliphatic rings. The first-order valence-corrected chi connectivity index (χ1v) is 11.8. The molecule has 1 saturated heterocycles. The van der Waals surface area contributed by atoms with Gasteiger partial charge in [0, 0.05) is 18.3 Å². The van der Waals surface area contributed by atoms with Gasteiger partial charge in [-0.15, -0.1) is 11.6 Å². The molecule has 0 amide bonds. The van der Waals surface area contributed by atoms with Crippen molar-refractivity contribution in [3.63, 3.8) is 0 Å². The summed E-state index contributed by atoms with van der Waals surface area (Å²) in [6, 6.07) is 0. The van der Waals surface area contributed by atoms with Crippen molar-refractivity contribution in [2.24, 2.45) is 40.4 Å². The quantitative estimate of drug-likeness (QED) is 0.379. The van der Waals surface area contributed by atoms with Gasteiger partial charge in [-0.05, 0) is 73.3 Å². The molecule has 1 aliphatic heterocycles. The van der Waals surface area contributed by atoms with E-state index in [4.69, 9.17) is 21.1 Å². The third-order valence-corrected chi connectivity index (χ3v) is 10.6. The summed E-state index contributed by atoms with van der Waals surface area (Å²) >= 11 is 6.86. The van der Waals surface area contributed by atoms with E-state index in [1.807, 2.05) is 6.08 Å². The van der Waals surface area contributed by atoms with Crippen LogP contribution in [-0.2, 0) is 23.9 Å². The van der Waals surface area contributed by atoms with Crippen LogP contribution in [0, 0.1) is 40.4 Å². The largest absolute Gasteiger partial charge is 0.449 e. The Morgan fingerprint density at radius 1 is 1.17 bits per heavy atom. The number of carbonyl (C=O) groups excluding carboxylic acids is 3. The first-order valence-electron chi connectivity index (χ1n) is 11.3. The number of carbonyl (C=O) groups is 3. The number of fused-ring (bicyclic) bond motifs is 10. The van der Waals surface area contributed by atoms with Gasteiger partial charge in [0.15, 0.2) is 17.2 Å². The monoisotopic (exact) mass is 432 g/mol. The van der Waals surface area contributed by atoms with Crippen molar-refractivity contribution in [2.45, 2.75) is 76.6 Å². The van der Waals surface area contributed by atoms with Crippen molar-refractivity contribution in [1.29, 1.82) is 0 Å². The summed E-state index contributed by atoms with van der Waals surface area (Å²) in [7, 11) is 0. The average molecular weight is 433 g/mol. The molecule has 0 bridgehead atoms. The predicted molar refractivity (Wildman–Crippen MR) is 109 cm³/mol. The molecule has 1 heterocycles. The van der Waals surface area contributed by atoms with Gasteiger partial charge < -0.3 is 9.47 Å². The maximum atomic E-state index is 13.0. The highest BCUT2D eigenvalue weighted by molar-refractivity contribution is 6.24. The van der Waals surface area contributed by atoms with E-state index in [1.165, 1.54) is 19.4 Å². The molecule has 0 aromatic rings. The minimum Gasteiger partial charge on any atom is -0.449 e. The van der Waals surface area contributed by atoms with Crippen molar-refractivity contribution in [1.82, 2.24) is 0 Å². The molecule has 4 saturated carbocycles. The highest BCUT2D eigenvalue weighted by Crippen LogP contribution is 2.75. The smallest absolute Gasteiger partial charge is 0.303 e. The number of hydrogen-bond acceptors (Lipinski definition) is 5. The van der Waals surface area contributed by atoms with Crippen molar-refractivity contribution in [3.05, 3.63) is 11.6 Å². The van der Waals surface area contributed by atoms with Crippen LogP contribution in [0.1, 0.15) is 53.4 Å². The van der Waals surface area contributed by atoms with Crippen LogP contribution >= 0.6 is 11.6 Å². The molecule has 0 unspecified atom stereocenters. The summed E-state index contributed by atoms with van der Waals surface area (Å²) in [5.74, 6) is 1.14. The van der Waals surface area contributed by atoms with E-state index in [0.29, 0.717) is 18.3 Å². The SMILES string of the molecule is CC(=O)O[C@]1(C(C)=O)[C@@H](Cl)C[C@H]2[C@@H]3[C@@H]4O[C@@H]4C4=CC(=O)[C@@H]5C[C@@H]5[C@]4(C)[C@H]3CC[C@@]21C. The van der Waals surface area contributed by atoms with E-state index in [9.17, 15) is 14.4 Å². The maximum Gasteiger partial charge on any atom is 0.303 e. The Hall–Kier alpha value is -1.20. The molecule has 0 aromatic heterocycles. The van der Waals surface area contributed by atoms with Gasteiger partial charge >= 0.3 is 5.97 Å². The van der Waals surface area contributed by atoms with E-state index in [0.717, 1.165) is 19.3 Å². The molecule has 6 rings (SSSR count). The number of ether oxygens (including phenoxy) is 2. The third-order valence-electron chi connectivity index (χ3n) is 10.1. The number of halogens is 1. The van der Waals surface area contributed by atoms with Crippen molar-refractivity contribution >= 4 is 29.1 Å². The Kier molecular flexibility index (Phi) is 3.63. The fourth-order valence-corrected chi connectivity index (χ4v) is 9.41. The summed E-state index contributed by atoms with van der Waals surface area (Å²) in [5.41, 5.74) is -0.561. The van der Waals surface area contributed by atoms with E-state index >= 15 is 0 Å². The molecule has 0 aromatic carbocycles. The van der Waals surface area contributed by atoms with E-state index in [1.54, 1.807) is 0 Å². The molecule has 11 atom stereocenters. The molecule has 5 fully saturated rings. The van der Waals surface area contributed by atoms with Gasteiger partial charge in [0.2, 0.25) is 0 Å². The molecule has 6 heteroatoms. The number of Topliss-reactive ketones (excluding diaryl/α,β-unsaturated/α-hetero) is 1. The summed E-state index contributed by atoms with van der Waals surface area (Å²) in [4.78, 5) is 37.5. The first kappa shape index (κ1) is 19.5. The fourth-order valence-electron chi connectivity index (χ4n) is 8.77. The molecule has 0 radical (unpaired) electrons. The summed E-state index contributed by atoms with van der Waals surface area (Å²) in [6.45, 7) is 7.34. The van der Waals surface area contributed by atoms with E-state index < -0.39 is 22.4 Å². The minimum absolute atomic E-state index is 0.00699. The molecule has 5 nitrogen and oxygen atoms in total. The van der Waals surface area contributed by atoms with Crippen LogP contribution in [-0.4, -0.2) is 40.7 Å². The number of epoxide rings is 1. The summed E-state index contributed by atoms with van der Waals surface area (Å²) in [5, 5.41) is -0.531. The lowest BCUT2D eigenvalue weighted by Crippen LogP contribution is -2.62. The second kappa shape index (κ2) is 5.58. The van der Waals surface area contributed by atoms with Crippen LogP contribution in [0.5, 0.6) is 0 Å². The van der Waals surface area contributed by atoms with Crippen molar-refractivity contribution in [2.75, 3.05) is 0 Å². The lowest BCUT2D eigenvalue weighted by atomic mass is 9.46. The summed E-state index contributed by atoms with van der Waals surface area (Å²) in [6.07, 6.45) is 5.39. The van der Waals surface area contributed by atoms with Crippen LogP contribution in [0.15, 0.2) is 11.6 Å². The molecular weight excluding hydrogens is 404 g/mol. The standard InChI is InChI=1S/C24H29ClO5/c1-10(26)24(30-11(2)27)18(25)9-15-19-13(5-6-22(15,24)3)23(4)14-7-12(14)17(28)8-16(23)20-21(19)29-20/h8,12-15,18-21H,5-7,9H2,1-4H3/t12-,13+,14+,15+,18+,19-,20-,21+,22+,23+,24-/m1/s1. The topological polar surface area (TPSA) is 73.0 Å².